The first-order valence-corrected chi connectivity index (χ1v) is 12.4. The van der Waals surface area contributed by atoms with Gasteiger partial charge < -0.3 is 5.32 Å². The molecule has 0 bridgehead atoms. The molecule has 1 fully saturated rings. The molecule has 1 aliphatic rings. The van der Waals surface area contributed by atoms with Crippen molar-refractivity contribution in [2.24, 2.45) is 5.14 Å². The number of nitro groups is 1. The van der Waals surface area contributed by atoms with Gasteiger partial charge in [-0.3, -0.25) is 19.8 Å². The number of carbonyl (C=O) groups is 1. The summed E-state index contributed by atoms with van der Waals surface area (Å²) in [6.07, 6.45) is 0. The summed E-state index contributed by atoms with van der Waals surface area (Å²) in [6.45, 7) is 0.555. The lowest BCUT2D eigenvalue weighted by molar-refractivity contribution is -0.387. The Morgan fingerprint density at radius 2 is 1.69 bits per heavy atom. The Labute approximate surface area is 184 Å². The second-order valence-electron chi connectivity index (χ2n) is 7.03. The van der Waals surface area contributed by atoms with Crippen LogP contribution in [0.5, 0.6) is 0 Å². The van der Waals surface area contributed by atoms with E-state index in [1.807, 2.05) is 0 Å². The van der Waals surface area contributed by atoms with Gasteiger partial charge in [0.15, 0.2) is 4.90 Å². The Morgan fingerprint density at radius 1 is 1.03 bits per heavy atom. The van der Waals surface area contributed by atoms with Crippen LogP contribution in [0.25, 0.3) is 0 Å². The molecule has 0 aromatic heterocycles. The molecule has 1 saturated heterocycles. The van der Waals surface area contributed by atoms with E-state index in [0.717, 1.165) is 10.4 Å². The number of nitrogens with zero attached hydrogens (tertiary/aromatic N) is 3. The highest BCUT2D eigenvalue weighted by Gasteiger charge is 2.33. The van der Waals surface area contributed by atoms with Crippen molar-refractivity contribution >= 4 is 37.3 Å². The standard InChI is InChI=1S/C18H21N5O7S2/c19-31(27,28)15-5-3-4-14(12-15)20-18(24)13-21-8-10-22(11-9-21)32(29,30)17-7-2-1-6-16(17)23(25)26/h1-7,12H,8-11,13H2,(H,20,24)(H2,19,27,28). The first kappa shape index (κ1) is 23.7. The van der Waals surface area contributed by atoms with Gasteiger partial charge >= 0.3 is 0 Å². The minimum absolute atomic E-state index is 0.0427. The Morgan fingerprint density at radius 3 is 2.31 bits per heavy atom. The van der Waals surface area contributed by atoms with E-state index in [-0.39, 0.29) is 48.2 Å². The van der Waals surface area contributed by atoms with Crippen LogP contribution in [0, 0.1) is 10.1 Å². The average Bonchev–Trinajstić information content (AvgIpc) is 2.73. The highest BCUT2D eigenvalue weighted by molar-refractivity contribution is 7.89. The van der Waals surface area contributed by atoms with Crippen molar-refractivity contribution in [2.75, 3.05) is 38.0 Å². The lowest BCUT2D eigenvalue weighted by Gasteiger charge is -2.33. The average molecular weight is 484 g/mol. The van der Waals surface area contributed by atoms with Crippen molar-refractivity contribution < 1.29 is 26.6 Å². The number of hydrogen-bond donors (Lipinski definition) is 2. The van der Waals surface area contributed by atoms with Gasteiger partial charge in [-0.15, -0.1) is 0 Å². The number of piperazine rings is 1. The molecule has 2 aromatic carbocycles. The third kappa shape index (κ3) is 5.46. The second-order valence-corrected chi connectivity index (χ2v) is 10.5. The van der Waals surface area contributed by atoms with Crippen LogP contribution in [0.1, 0.15) is 0 Å². The molecule has 0 radical (unpaired) electrons. The van der Waals surface area contributed by atoms with Crippen LogP contribution in [-0.2, 0) is 24.8 Å². The van der Waals surface area contributed by atoms with E-state index in [9.17, 15) is 31.7 Å². The number of nitro benzene ring substituents is 1. The largest absolute Gasteiger partial charge is 0.325 e. The van der Waals surface area contributed by atoms with Crippen molar-refractivity contribution in [3.63, 3.8) is 0 Å². The number of anilines is 1. The molecule has 0 spiro atoms. The second kappa shape index (κ2) is 9.30. The quantitative estimate of drug-likeness (QED) is 0.414. The molecule has 12 nitrogen and oxygen atoms in total. The highest BCUT2D eigenvalue weighted by Crippen LogP contribution is 2.26. The van der Waals surface area contributed by atoms with Gasteiger partial charge in [0.2, 0.25) is 26.0 Å². The summed E-state index contributed by atoms with van der Waals surface area (Å²) in [5, 5.41) is 18.8. The Hall–Kier alpha value is -2.91. The number of hydrogen-bond acceptors (Lipinski definition) is 8. The van der Waals surface area contributed by atoms with Crippen LogP contribution in [0.3, 0.4) is 0 Å². The number of para-hydroxylation sites is 1. The maximum atomic E-state index is 12.9. The van der Waals surface area contributed by atoms with Crippen molar-refractivity contribution in [3.8, 4) is 0 Å². The molecule has 1 amide bonds. The summed E-state index contributed by atoms with van der Waals surface area (Å²) in [5.41, 5.74) is -0.227. The fourth-order valence-electron chi connectivity index (χ4n) is 3.25. The molecule has 0 unspecified atom stereocenters. The molecule has 2 aromatic rings. The maximum absolute atomic E-state index is 12.9. The molecular formula is C18H21N5O7S2. The lowest BCUT2D eigenvalue weighted by atomic mass is 10.3. The molecule has 3 N–H and O–H groups in total. The maximum Gasteiger partial charge on any atom is 0.289 e. The van der Waals surface area contributed by atoms with E-state index in [2.05, 4.69) is 5.32 Å². The monoisotopic (exact) mass is 483 g/mol. The fourth-order valence-corrected chi connectivity index (χ4v) is 5.39. The Kier molecular flexibility index (Phi) is 6.90. The van der Waals surface area contributed by atoms with E-state index in [4.69, 9.17) is 5.14 Å². The van der Waals surface area contributed by atoms with E-state index in [1.54, 1.807) is 4.90 Å². The molecule has 32 heavy (non-hydrogen) atoms. The Bertz CT molecular complexity index is 1240. The summed E-state index contributed by atoms with van der Waals surface area (Å²) < 4.78 is 49.7. The fraction of sp³-hybridized carbons (Fsp3) is 0.278. The SMILES string of the molecule is NS(=O)(=O)c1cccc(NC(=O)CN2CCN(S(=O)(=O)c3ccccc3[N+](=O)[O-])CC2)c1. The smallest absolute Gasteiger partial charge is 0.289 e. The van der Waals surface area contributed by atoms with Crippen LogP contribution >= 0.6 is 0 Å². The summed E-state index contributed by atoms with van der Waals surface area (Å²) in [7, 11) is -7.97. The Balaban J connectivity index is 1.61. The van der Waals surface area contributed by atoms with Gasteiger partial charge in [0, 0.05) is 37.9 Å². The van der Waals surface area contributed by atoms with Gasteiger partial charge in [0.05, 0.1) is 16.4 Å². The van der Waals surface area contributed by atoms with E-state index >= 15 is 0 Å². The third-order valence-corrected chi connectivity index (χ3v) is 7.68. The van der Waals surface area contributed by atoms with Crippen molar-refractivity contribution in [1.82, 2.24) is 9.21 Å². The van der Waals surface area contributed by atoms with Gasteiger partial charge in [-0.1, -0.05) is 18.2 Å². The molecule has 1 aliphatic heterocycles. The van der Waals surface area contributed by atoms with Crippen molar-refractivity contribution in [3.05, 3.63) is 58.6 Å². The van der Waals surface area contributed by atoms with Gasteiger partial charge in [-0.25, -0.2) is 22.0 Å². The lowest BCUT2D eigenvalue weighted by Crippen LogP contribution is -2.50. The van der Waals surface area contributed by atoms with Crippen molar-refractivity contribution in [1.29, 1.82) is 0 Å². The summed E-state index contributed by atoms with van der Waals surface area (Å²) in [4.78, 5) is 24.0. The zero-order valence-corrected chi connectivity index (χ0v) is 18.4. The van der Waals surface area contributed by atoms with Crippen LogP contribution in [0.4, 0.5) is 11.4 Å². The van der Waals surface area contributed by atoms with Gasteiger partial charge in [0.1, 0.15) is 0 Å². The molecule has 172 valence electrons. The summed E-state index contributed by atoms with van der Waals surface area (Å²) >= 11 is 0. The number of rotatable bonds is 7. The van der Waals surface area contributed by atoms with Crippen molar-refractivity contribution in [2.45, 2.75) is 9.79 Å². The minimum Gasteiger partial charge on any atom is -0.325 e. The zero-order chi connectivity index (χ0) is 23.5. The number of nitrogens with two attached hydrogens (primary N) is 1. The zero-order valence-electron chi connectivity index (χ0n) is 16.7. The molecular weight excluding hydrogens is 462 g/mol. The number of benzene rings is 2. The molecule has 14 heteroatoms. The number of nitrogens with one attached hydrogen (secondary N) is 1. The van der Waals surface area contributed by atoms with Gasteiger partial charge in [-0.2, -0.15) is 4.31 Å². The predicted molar refractivity (Wildman–Crippen MR) is 115 cm³/mol. The predicted octanol–water partition coefficient (Wildman–Crippen LogP) is 0.187. The number of carbonyl (C=O) groups excluding carboxylic acids is 1. The normalized spacial score (nSPS) is 15.9. The van der Waals surface area contributed by atoms with Gasteiger partial charge in [-0.05, 0) is 24.3 Å². The minimum atomic E-state index is -4.06. The van der Waals surface area contributed by atoms with Crippen LogP contribution in [0.2, 0.25) is 0 Å². The third-order valence-electron chi connectivity index (χ3n) is 4.82. The molecule has 1 heterocycles. The van der Waals surface area contributed by atoms with E-state index in [1.165, 1.54) is 42.5 Å². The first-order valence-electron chi connectivity index (χ1n) is 9.37. The van der Waals surface area contributed by atoms with E-state index in [0.29, 0.717) is 0 Å². The van der Waals surface area contributed by atoms with E-state index < -0.39 is 36.6 Å². The number of amides is 1. The van der Waals surface area contributed by atoms with Crippen LogP contribution in [0.15, 0.2) is 58.3 Å². The first-order chi connectivity index (χ1) is 15.0. The topological polar surface area (TPSA) is 173 Å². The molecule has 0 aliphatic carbocycles. The highest BCUT2D eigenvalue weighted by atomic mass is 32.2. The van der Waals surface area contributed by atoms with Crippen LogP contribution in [-0.4, -0.2) is 69.6 Å². The molecule has 0 saturated carbocycles. The number of sulfonamides is 2. The van der Waals surface area contributed by atoms with Gasteiger partial charge in [0.25, 0.3) is 5.69 Å². The molecule has 3 rings (SSSR count). The molecule has 0 atom stereocenters. The summed E-state index contributed by atoms with van der Waals surface area (Å²) in [6, 6.07) is 10.7. The number of primary sulfonamides is 1. The van der Waals surface area contributed by atoms with Crippen LogP contribution < -0.4 is 10.5 Å². The summed E-state index contributed by atoms with van der Waals surface area (Å²) in [5.74, 6) is -0.411.